The maximum absolute atomic E-state index is 12.7. The van der Waals surface area contributed by atoms with Crippen molar-refractivity contribution >= 4 is 51.5 Å². The van der Waals surface area contributed by atoms with Crippen LogP contribution in [0.4, 0.5) is 11.4 Å². The third-order valence-electron chi connectivity index (χ3n) is 5.22. The molecule has 1 aliphatic heterocycles. The fourth-order valence-electron chi connectivity index (χ4n) is 3.53. The number of para-hydroxylation sites is 1. The minimum Gasteiger partial charge on any atom is -0.494 e. The summed E-state index contributed by atoms with van der Waals surface area (Å²) < 4.78 is 21.6. The van der Waals surface area contributed by atoms with Crippen molar-refractivity contribution in [2.45, 2.75) is 0 Å². The number of furan rings is 1. The van der Waals surface area contributed by atoms with Crippen molar-refractivity contribution in [3.8, 4) is 17.2 Å². The van der Waals surface area contributed by atoms with E-state index in [4.69, 9.17) is 30.8 Å². The van der Waals surface area contributed by atoms with Gasteiger partial charge in [-0.15, -0.1) is 0 Å². The maximum Gasteiger partial charge on any atom is 0.291 e. The van der Waals surface area contributed by atoms with Crippen molar-refractivity contribution < 1.29 is 28.2 Å². The van der Waals surface area contributed by atoms with E-state index >= 15 is 0 Å². The van der Waals surface area contributed by atoms with Crippen LogP contribution in [-0.2, 0) is 0 Å². The molecule has 10 heteroatoms. The molecule has 5 rings (SSSR count). The van der Waals surface area contributed by atoms with Crippen LogP contribution < -0.4 is 30.2 Å². The SMILES string of the molecule is COc1cc(NC(=S)NC(=O)c2ccc3c(c2)OCO3)ccc1NC(=O)c1cc2ccccc2o1. The van der Waals surface area contributed by atoms with E-state index in [0.717, 1.165) is 5.39 Å². The van der Waals surface area contributed by atoms with Crippen LogP contribution in [0.3, 0.4) is 0 Å². The average Bonchev–Trinajstić information content (AvgIpc) is 3.51. The van der Waals surface area contributed by atoms with E-state index in [1.165, 1.54) is 7.11 Å². The van der Waals surface area contributed by atoms with Crippen molar-refractivity contribution in [2.24, 2.45) is 0 Å². The second kappa shape index (κ2) is 9.35. The van der Waals surface area contributed by atoms with Crippen LogP contribution in [0, 0.1) is 0 Å². The predicted molar refractivity (Wildman–Crippen MR) is 133 cm³/mol. The molecule has 0 atom stereocenters. The number of thiocarbonyl (C=S) groups is 1. The van der Waals surface area contributed by atoms with Gasteiger partial charge in [-0.3, -0.25) is 14.9 Å². The van der Waals surface area contributed by atoms with Crippen molar-refractivity contribution in [3.05, 3.63) is 78.1 Å². The van der Waals surface area contributed by atoms with Crippen molar-refractivity contribution in [1.29, 1.82) is 0 Å². The minimum atomic E-state index is -0.410. The molecule has 3 N–H and O–H groups in total. The summed E-state index contributed by atoms with van der Waals surface area (Å²) in [5.41, 5.74) is 2.00. The quantitative estimate of drug-likeness (QED) is 0.350. The van der Waals surface area contributed by atoms with Crippen molar-refractivity contribution in [3.63, 3.8) is 0 Å². The summed E-state index contributed by atoms with van der Waals surface area (Å²) >= 11 is 5.27. The molecule has 176 valence electrons. The Kier molecular flexibility index (Phi) is 5.94. The number of anilines is 2. The van der Waals surface area contributed by atoms with Gasteiger partial charge in [0.2, 0.25) is 6.79 Å². The maximum atomic E-state index is 12.7. The van der Waals surface area contributed by atoms with E-state index < -0.39 is 11.8 Å². The monoisotopic (exact) mass is 489 g/mol. The van der Waals surface area contributed by atoms with Gasteiger partial charge in [0.05, 0.1) is 12.8 Å². The third kappa shape index (κ3) is 4.73. The Morgan fingerprint density at radius 3 is 2.57 bits per heavy atom. The number of amides is 2. The van der Waals surface area contributed by atoms with Gasteiger partial charge in [-0.1, -0.05) is 18.2 Å². The van der Waals surface area contributed by atoms with Gasteiger partial charge >= 0.3 is 0 Å². The van der Waals surface area contributed by atoms with Gasteiger partial charge in [0, 0.05) is 22.7 Å². The smallest absolute Gasteiger partial charge is 0.291 e. The molecule has 0 fully saturated rings. The molecule has 9 nitrogen and oxygen atoms in total. The second-order valence-corrected chi connectivity index (χ2v) is 7.90. The molecule has 4 aromatic rings. The Bertz CT molecular complexity index is 1430. The number of carbonyl (C=O) groups excluding carboxylic acids is 2. The first kappa shape index (κ1) is 22.2. The van der Waals surface area contributed by atoms with Gasteiger partial charge < -0.3 is 29.3 Å². The molecule has 1 aliphatic rings. The Hall–Kier alpha value is -4.57. The number of methoxy groups -OCH3 is 1. The molecule has 0 bridgehead atoms. The lowest BCUT2D eigenvalue weighted by atomic mass is 10.2. The Balaban J connectivity index is 1.24. The lowest BCUT2D eigenvalue weighted by Crippen LogP contribution is -2.34. The first-order valence-corrected chi connectivity index (χ1v) is 10.9. The standard InChI is InChI=1S/C25H19N3O6S/c1-31-20-12-16(26-25(35)28-23(29)15-6-9-19-21(11-15)33-13-32-19)7-8-17(20)27-24(30)22-10-14-4-2-3-5-18(14)34-22/h2-12H,13H2,1H3,(H,27,30)(H2,26,28,29,35). The zero-order chi connectivity index (χ0) is 24.4. The largest absolute Gasteiger partial charge is 0.494 e. The fraction of sp³-hybridized carbons (Fsp3) is 0.0800. The molecule has 2 amide bonds. The first-order valence-electron chi connectivity index (χ1n) is 10.5. The van der Waals surface area contributed by atoms with Crippen LogP contribution in [0.15, 0.2) is 71.1 Å². The van der Waals surface area contributed by atoms with Gasteiger partial charge in [0.25, 0.3) is 11.8 Å². The molecule has 0 saturated carbocycles. The topological polar surface area (TPSA) is 111 Å². The Morgan fingerprint density at radius 1 is 0.914 bits per heavy atom. The minimum absolute atomic E-state index is 0.0915. The molecule has 1 aromatic heterocycles. The molecular formula is C25H19N3O6S. The van der Waals surface area contributed by atoms with E-state index in [1.54, 1.807) is 48.5 Å². The van der Waals surface area contributed by atoms with Gasteiger partial charge in [-0.25, -0.2) is 0 Å². The highest BCUT2D eigenvalue weighted by atomic mass is 32.1. The molecule has 0 unspecified atom stereocenters. The normalized spacial score (nSPS) is 11.7. The molecule has 0 saturated heterocycles. The van der Waals surface area contributed by atoms with Crippen LogP contribution in [0.1, 0.15) is 20.9 Å². The predicted octanol–water partition coefficient (Wildman–Crippen LogP) is 4.55. The number of ether oxygens (including phenoxy) is 3. The van der Waals surface area contributed by atoms with Gasteiger partial charge in [-0.05, 0) is 54.7 Å². The Labute approximate surface area is 205 Å². The highest BCUT2D eigenvalue weighted by Gasteiger charge is 2.18. The summed E-state index contributed by atoms with van der Waals surface area (Å²) in [7, 11) is 1.48. The van der Waals surface area contributed by atoms with E-state index in [-0.39, 0.29) is 17.7 Å². The molecule has 35 heavy (non-hydrogen) atoms. The second-order valence-electron chi connectivity index (χ2n) is 7.49. The highest BCUT2D eigenvalue weighted by molar-refractivity contribution is 7.80. The summed E-state index contributed by atoms with van der Waals surface area (Å²) in [4.78, 5) is 25.2. The number of nitrogens with one attached hydrogen (secondary N) is 3. The number of fused-ring (bicyclic) bond motifs is 2. The van der Waals surface area contributed by atoms with E-state index in [1.807, 2.05) is 18.2 Å². The third-order valence-corrected chi connectivity index (χ3v) is 5.42. The Morgan fingerprint density at radius 2 is 1.74 bits per heavy atom. The lowest BCUT2D eigenvalue weighted by Gasteiger charge is -2.14. The zero-order valence-corrected chi connectivity index (χ0v) is 19.2. The van der Waals surface area contributed by atoms with E-state index in [2.05, 4.69) is 16.0 Å². The van der Waals surface area contributed by atoms with Gasteiger partial charge in [0.15, 0.2) is 22.4 Å². The number of benzene rings is 3. The van der Waals surface area contributed by atoms with Crippen LogP contribution in [0.25, 0.3) is 11.0 Å². The molecular weight excluding hydrogens is 470 g/mol. The summed E-state index contributed by atoms with van der Waals surface area (Å²) in [5, 5.41) is 9.26. The molecule has 0 radical (unpaired) electrons. The fourth-order valence-corrected chi connectivity index (χ4v) is 3.74. The van der Waals surface area contributed by atoms with Crippen LogP contribution in [-0.4, -0.2) is 30.8 Å². The summed E-state index contributed by atoms with van der Waals surface area (Å²) in [6.45, 7) is 0.122. The summed E-state index contributed by atoms with van der Waals surface area (Å²) in [5.74, 6) is 0.852. The van der Waals surface area contributed by atoms with Crippen molar-refractivity contribution in [1.82, 2.24) is 5.32 Å². The van der Waals surface area contributed by atoms with Crippen molar-refractivity contribution in [2.75, 3.05) is 24.5 Å². The van der Waals surface area contributed by atoms with Gasteiger partial charge in [0.1, 0.15) is 11.3 Å². The van der Waals surface area contributed by atoms with Crippen LogP contribution in [0.5, 0.6) is 17.2 Å². The number of hydrogen-bond donors (Lipinski definition) is 3. The average molecular weight is 490 g/mol. The molecule has 0 aliphatic carbocycles. The van der Waals surface area contributed by atoms with Gasteiger partial charge in [-0.2, -0.15) is 0 Å². The number of carbonyl (C=O) groups is 2. The van der Waals surface area contributed by atoms with E-state index in [9.17, 15) is 9.59 Å². The van der Waals surface area contributed by atoms with E-state index in [0.29, 0.717) is 39.8 Å². The van der Waals surface area contributed by atoms with Crippen LogP contribution >= 0.6 is 12.2 Å². The molecule has 2 heterocycles. The zero-order valence-electron chi connectivity index (χ0n) is 18.4. The highest BCUT2D eigenvalue weighted by Crippen LogP contribution is 2.32. The lowest BCUT2D eigenvalue weighted by molar-refractivity contribution is 0.0974. The van der Waals surface area contributed by atoms with Crippen LogP contribution in [0.2, 0.25) is 0 Å². The number of hydrogen-bond acceptors (Lipinski definition) is 7. The molecule has 0 spiro atoms. The summed E-state index contributed by atoms with van der Waals surface area (Å²) in [6, 6.07) is 18.9. The first-order chi connectivity index (χ1) is 17.0. The molecule has 3 aromatic carbocycles. The number of rotatable bonds is 5. The summed E-state index contributed by atoms with van der Waals surface area (Å²) in [6.07, 6.45) is 0.